The largest absolute Gasteiger partial charge is 0.339 e. The van der Waals surface area contributed by atoms with Crippen molar-refractivity contribution in [1.29, 1.82) is 0 Å². The highest BCUT2D eigenvalue weighted by molar-refractivity contribution is 7.99. The highest BCUT2D eigenvalue weighted by Gasteiger charge is 2.23. The number of carbonyl (C=O) groups is 1. The fourth-order valence-electron chi connectivity index (χ4n) is 2.08. The van der Waals surface area contributed by atoms with Gasteiger partial charge in [0.15, 0.2) is 0 Å². The van der Waals surface area contributed by atoms with Crippen LogP contribution in [0.15, 0.2) is 0 Å². The first-order valence-electron chi connectivity index (χ1n) is 5.78. The molecule has 1 heterocycles. The van der Waals surface area contributed by atoms with Crippen molar-refractivity contribution in [2.75, 3.05) is 31.6 Å². The van der Waals surface area contributed by atoms with Gasteiger partial charge in [-0.3, -0.25) is 4.79 Å². The molecule has 1 aliphatic heterocycles. The maximum absolute atomic E-state index is 11.9. The summed E-state index contributed by atoms with van der Waals surface area (Å²) in [6.45, 7) is 5.17. The van der Waals surface area contributed by atoms with Crippen molar-refractivity contribution < 1.29 is 4.79 Å². The molecule has 1 N–H and O–H groups in total. The van der Waals surface area contributed by atoms with Crippen LogP contribution in [0.3, 0.4) is 0 Å². The minimum atomic E-state index is 0. The Kier molecular flexibility index (Phi) is 9.18. The van der Waals surface area contributed by atoms with Gasteiger partial charge in [0.1, 0.15) is 0 Å². The van der Waals surface area contributed by atoms with Crippen molar-refractivity contribution in [3.8, 4) is 0 Å². The minimum absolute atomic E-state index is 0. The van der Waals surface area contributed by atoms with E-state index in [-0.39, 0.29) is 12.4 Å². The average Bonchev–Trinajstić information content (AvgIpc) is 2.27. The number of hydrogen-bond donors (Lipinski definition) is 1. The molecule has 1 fully saturated rings. The first-order chi connectivity index (χ1) is 7.29. The fourth-order valence-corrected chi connectivity index (χ4v) is 2.49. The maximum Gasteiger partial charge on any atom is 0.232 e. The second kappa shape index (κ2) is 9.14. The number of piperidine rings is 1. The number of rotatable bonds is 5. The monoisotopic (exact) mass is 266 g/mol. The van der Waals surface area contributed by atoms with E-state index in [1.165, 1.54) is 0 Å². The highest BCUT2D eigenvalue weighted by atomic mass is 35.5. The predicted molar refractivity (Wildman–Crippen MR) is 73.5 cm³/mol. The third-order valence-corrected chi connectivity index (χ3v) is 3.34. The van der Waals surface area contributed by atoms with Gasteiger partial charge in [-0.2, -0.15) is 11.8 Å². The first-order valence-corrected chi connectivity index (χ1v) is 7.18. The Balaban J connectivity index is 0.00000225. The van der Waals surface area contributed by atoms with Crippen LogP contribution in [0.2, 0.25) is 0 Å². The Morgan fingerprint density at radius 1 is 1.44 bits per heavy atom. The Morgan fingerprint density at radius 3 is 2.56 bits per heavy atom. The molecule has 0 aliphatic carbocycles. The molecule has 1 amide bonds. The molecule has 0 aromatic heterocycles. The van der Waals surface area contributed by atoms with Crippen LogP contribution in [0.1, 0.15) is 26.2 Å². The molecule has 5 heteroatoms. The summed E-state index contributed by atoms with van der Waals surface area (Å²) in [5, 5.41) is 3.34. The molecule has 0 aromatic carbocycles. The van der Waals surface area contributed by atoms with Crippen LogP contribution in [0.4, 0.5) is 0 Å². The van der Waals surface area contributed by atoms with Crippen molar-refractivity contribution in [1.82, 2.24) is 10.2 Å². The summed E-state index contributed by atoms with van der Waals surface area (Å²) in [5.41, 5.74) is 0. The summed E-state index contributed by atoms with van der Waals surface area (Å²) in [4.78, 5) is 14.0. The van der Waals surface area contributed by atoms with E-state index in [4.69, 9.17) is 0 Å². The van der Waals surface area contributed by atoms with Gasteiger partial charge in [-0.25, -0.2) is 0 Å². The van der Waals surface area contributed by atoms with Gasteiger partial charge in [0.25, 0.3) is 0 Å². The SMILES string of the molecule is CCCN(C(=O)CSC)C1CCNCC1.Cl. The summed E-state index contributed by atoms with van der Waals surface area (Å²) in [6, 6.07) is 0.478. The van der Waals surface area contributed by atoms with E-state index in [9.17, 15) is 4.79 Å². The summed E-state index contributed by atoms with van der Waals surface area (Å²) >= 11 is 1.62. The topological polar surface area (TPSA) is 32.3 Å². The Hall–Kier alpha value is 0.0700. The van der Waals surface area contributed by atoms with Crippen LogP contribution in [0.25, 0.3) is 0 Å². The molecule has 16 heavy (non-hydrogen) atoms. The third-order valence-electron chi connectivity index (χ3n) is 2.80. The van der Waals surface area contributed by atoms with E-state index in [2.05, 4.69) is 17.1 Å². The summed E-state index contributed by atoms with van der Waals surface area (Å²) in [7, 11) is 0. The van der Waals surface area contributed by atoms with Crippen LogP contribution in [0.5, 0.6) is 0 Å². The lowest BCUT2D eigenvalue weighted by molar-refractivity contribution is -0.131. The van der Waals surface area contributed by atoms with Gasteiger partial charge >= 0.3 is 0 Å². The zero-order valence-electron chi connectivity index (χ0n) is 10.2. The van der Waals surface area contributed by atoms with E-state index in [0.29, 0.717) is 17.7 Å². The predicted octanol–water partition coefficient (Wildman–Crippen LogP) is 1.76. The molecule has 1 rings (SSSR count). The number of hydrogen-bond acceptors (Lipinski definition) is 3. The number of carbonyl (C=O) groups excluding carboxylic acids is 1. The quantitative estimate of drug-likeness (QED) is 0.823. The van der Waals surface area contributed by atoms with Crippen LogP contribution in [-0.2, 0) is 4.79 Å². The lowest BCUT2D eigenvalue weighted by Gasteiger charge is -2.34. The van der Waals surface area contributed by atoms with Gasteiger partial charge < -0.3 is 10.2 Å². The smallest absolute Gasteiger partial charge is 0.232 e. The number of nitrogens with one attached hydrogen (secondary N) is 1. The van der Waals surface area contributed by atoms with Gasteiger partial charge in [-0.15, -0.1) is 12.4 Å². The van der Waals surface area contributed by atoms with Crippen LogP contribution < -0.4 is 5.32 Å². The minimum Gasteiger partial charge on any atom is -0.339 e. The van der Waals surface area contributed by atoms with E-state index in [1.807, 2.05) is 6.26 Å². The number of amides is 1. The molecule has 0 bridgehead atoms. The molecular weight excluding hydrogens is 244 g/mol. The van der Waals surface area contributed by atoms with E-state index >= 15 is 0 Å². The third kappa shape index (κ3) is 4.93. The first kappa shape index (κ1) is 16.1. The molecule has 0 aromatic rings. The number of thioether (sulfide) groups is 1. The Labute approximate surface area is 109 Å². The summed E-state index contributed by atoms with van der Waals surface area (Å²) in [6.07, 6.45) is 5.27. The second-order valence-electron chi connectivity index (χ2n) is 4.00. The molecule has 0 unspecified atom stereocenters. The normalized spacial score (nSPS) is 16.6. The molecule has 0 saturated carbocycles. The van der Waals surface area contributed by atoms with Gasteiger partial charge in [-0.05, 0) is 38.6 Å². The molecule has 96 valence electrons. The molecule has 0 atom stereocenters. The Morgan fingerprint density at radius 2 is 2.06 bits per heavy atom. The van der Waals surface area contributed by atoms with Gasteiger partial charge in [0, 0.05) is 12.6 Å². The Bertz CT molecular complexity index is 198. The van der Waals surface area contributed by atoms with E-state index in [0.717, 1.165) is 38.9 Å². The lowest BCUT2D eigenvalue weighted by atomic mass is 10.0. The zero-order chi connectivity index (χ0) is 11.1. The highest BCUT2D eigenvalue weighted by Crippen LogP contribution is 2.13. The van der Waals surface area contributed by atoms with Crippen LogP contribution >= 0.6 is 24.2 Å². The van der Waals surface area contributed by atoms with Crippen molar-refractivity contribution in [3.05, 3.63) is 0 Å². The zero-order valence-corrected chi connectivity index (χ0v) is 11.8. The van der Waals surface area contributed by atoms with Crippen molar-refractivity contribution in [3.63, 3.8) is 0 Å². The summed E-state index contributed by atoms with van der Waals surface area (Å²) in [5.74, 6) is 0.945. The number of halogens is 1. The molecule has 0 radical (unpaired) electrons. The van der Waals surface area contributed by atoms with E-state index in [1.54, 1.807) is 11.8 Å². The maximum atomic E-state index is 11.9. The molecule has 1 saturated heterocycles. The van der Waals surface area contributed by atoms with Crippen LogP contribution in [-0.4, -0.2) is 48.5 Å². The average molecular weight is 267 g/mol. The molecular formula is C11H23ClN2OS. The van der Waals surface area contributed by atoms with Crippen molar-refractivity contribution >= 4 is 30.1 Å². The standard InChI is InChI=1S/C11H22N2OS.ClH/c1-3-8-13(11(14)9-15-2)10-4-6-12-7-5-10;/h10,12H,3-9H2,1-2H3;1H. The molecule has 0 spiro atoms. The van der Waals surface area contributed by atoms with Gasteiger partial charge in [-0.1, -0.05) is 6.92 Å². The van der Waals surface area contributed by atoms with Crippen LogP contribution in [0, 0.1) is 0 Å². The molecule has 1 aliphatic rings. The second-order valence-corrected chi connectivity index (χ2v) is 4.87. The van der Waals surface area contributed by atoms with Gasteiger partial charge in [0.05, 0.1) is 5.75 Å². The van der Waals surface area contributed by atoms with E-state index < -0.39 is 0 Å². The van der Waals surface area contributed by atoms with Gasteiger partial charge in [0.2, 0.25) is 5.91 Å². The van der Waals surface area contributed by atoms with Crippen molar-refractivity contribution in [2.45, 2.75) is 32.2 Å². The van der Waals surface area contributed by atoms with Crippen molar-refractivity contribution in [2.24, 2.45) is 0 Å². The number of nitrogens with zero attached hydrogens (tertiary/aromatic N) is 1. The fraction of sp³-hybridized carbons (Fsp3) is 0.909. The molecule has 3 nitrogen and oxygen atoms in total. The summed E-state index contributed by atoms with van der Waals surface area (Å²) < 4.78 is 0. The lowest BCUT2D eigenvalue weighted by Crippen LogP contribution is -2.47.